The Bertz CT molecular complexity index is 1230. The van der Waals surface area contributed by atoms with Gasteiger partial charge in [-0.2, -0.15) is 0 Å². The number of ether oxygens (including phenoxy) is 1. The zero-order valence-corrected chi connectivity index (χ0v) is 23.1. The van der Waals surface area contributed by atoms with Crippen molar-refractivity contribution >= 4 is 5.97 Å². The van der Waals surface area contributed by atoms with Crippen LogP contribution < -0.4 is 0 Å². The van der Waals surface area contributed by atoms with Crippen molar-refractivity contribution in [2.75, 3.05) is 19.7 Å². The van der Waals surface area contributed by atoms with Crippen LogP contribution in [0.5, 0.6) is 0 Å². The number of carbonyl (C=O) groups excluding carboxylic acids is 1. The van der Waals surface area contributed by atoms with Crippen LogP contribution in [0, 0.1) is 17.6 Å². The highest BCUT2D eigenvalue weighted by Gasteiger charge is 2.27. The first-order chi connectivity index (χ1) is 18.7. The zero-order chi connectivity index (χ0) is 27.9. The van der Waals surface area contributed by atoms with Crippen LogP contribution in [0.15, 0.2) is 60.7 Å². The van der Waals surface area contributed by atoms with Gasteiger partial charge in [0.1, 0.15) is 18.3 Å². The van der Waals surface area contributed by atoms with Gasteiger partial charge in [-0.1, -0.05) is 56.3 Å². The molecule has 1 aliphatic heterocycles. The second-order valence-corrected chi connectivity index (χ2v) is 11.0. The van der Waals surface area contributed by atoms with Crippen LogP contribution in [0.2, 0.25) is 0 Å². The van der Waals surface area contributed by atoms with Crippen molar-refractivity contribution in [3.05, 3.63) is 94.6 Å². The minimum absolute atomic E-state index is 0.209. The molecule has 0 aromatic heterocycles. The third kappa shape index (κ3) is 7.72. The third-order valence-electron chi connectivity index (χ3n) is 7.49. The summed E-state index contributed by atoms with van der Waals surface area (Å²) in [6.07, 6.45) is 2.48. The summed E-state index contributed by atoms with van der Waals surface area (Å²) in [4.78, 5) is 15.3. The van der Waals surface area contributed by atoms with Gasteiger partial charge in [0, 0.05) is 12.6 Å². The van der Waals surface area contributed by atoms with E-state index in [2.05, 4.69) is 36.9 Å². The minimum Gasteiger partial charge on any atom is -0.466 e. The molecule has 1 heterocycles. The van der Waals surface area contributed by atoms with Crippen LogP contribution in [0.1, 0.15) is 74.1 Å². The molecule has 1 unspecified atom stereocenters. The number of piperidine rings is 1. The van der Waals surface area contributed by atoms with Crippen LogP contribution >= 0.6 is 0 Å². The first-order valence-corrected chi connectivity index (χ1v) is 13.9. The fraction of sp³-hybridized carbons (Fsp3) is 0.424. The molecule has 0 aliphatic carbocycles. The van der Waals surface area contributed by atoms with E-state index in [0.29, 0.717) is 36.6 Å². The van der Waals surface area contributed by atoms with Crippen LogP contribution in [0.4, 0.5) is 13.2 Å². The van der Waals surface area contributed by atoms with Gasteiger partial charge in [-0.3, -0.25) is 9.69 Å². The number of nitrogens with zero attached hydrogens (tertiary/aromatic N) is 1. The second-order valence-electron chi connectivity index (χ2n) is 11.0. The van der Waals surface area contributed by atoms with E-state index in [1.54, 1.807) is 12.1 Å². The summed E-state index contributed by atoms with van der Waals surface area (Å²) < 4.78 is 45.9. The Morgan fingerprint density at radius 3 is 2.18 bits per heavy atom. The monoisotopic (exact) mass is 537 g/mol. The Morgan fingerprint density at radius 2 is 1.59 bits per heavy atom. The predicted octanol–water partition coefficient (Wildman–Crippen LogP) is 8.17. The first-order valence-electron chi connectivity index (χ1n) is 13.9. The van der Waals surface area contributed by atoms with Gasteiger partial charge in [-0.05, 0) is 96.6 Å². The number of rotatable bonds is 10. The summed E-state index contributed by atoms with van der Waals surface area (Å²) in [5, 5.41) is 0. The average molecular weight is 538 g/mol. The quantitative estimate of drug-likeness (QED) is 0.244. The van der Waals surface area contributed by atoms with Crippen LogP contribution in [0.3, 0.4) is 0 Å². The van der Waals surface area contributed by atoms with Gasteiger partial charge in [-0.25, -0.2) is 13.2 Å². The van der Waals surface area contributed by atoms with Gasteiger partial charge in [0.05, 0.1) is 12.5 Å². The van der Waals surface area contributed by atoms with Gasteiger partial charge in [0.2, 0.25) is 0 Å². The molecule has 3 aromatic rings. The molecule has 0 bridgehead atoms. The van der Waals surface area contributed by atoms with Gasteiger partial charge >= 0.3 is 5.97 Å². The molecule has 0 N–H and O–H groups in total. The summed E-state index contributed by atoms with van der Waals surface area (Å²) in [7, 11) is 0. The van der Waals surface area contributed by atoms with E-state index in [9.17, 15) is 18.0 Å². The van der Waals surface area contributed by atoms with E-state index in [1.165, 1.54) is 17.7 Å². The Balaban J connectivity index is 1.61. The van der Waals surface area contributed by atoms with E-state index in [0.717, 1.165) is 48.7 Å². The molecule has 0 spiro atoms. The summed E-state index contributed by atoms with van der Waals surface area (Å²) >= 11 is 0. The fourth-order valence-electron chi connectivity index (χ4n) is 5.53. The maximum atomic E-state index is 13.7. The molecule has 1 saturated heterocycles. The van der Waals surface area contributed by atoms with E-state index < -0.39 is 18.3 Å². The number of alkyl halides is 1. The summed E-state index contributed by atoms with van der Waals surface area (Å²) in [5.41, 5.74) is 5.37. The molecule has 0 saturated carbocycles. The van der Waals surface area contributed by atoms with Crippen molar-refractivity contribution in [2.24, 2.45) is 5.92 Å². The smallest absolute Gasteiger partial charge is 0.313 e. The van der Waals surface area contributed by atoms with Crippen LogP contribution in [0.25, 0.3) is 11.1 Å². The molecule has 1 fully saturated rings. The molecular weight excluding hydrogens is 499 g/mol. The van der Waals surface area contributed by atoms with Gasteiger partial charge < -0.3 is 4.74 Å². The van der Waals surface area contributed by atoms with Crippen molar-refractivity contribution < 1.29 is 22.7 Å². The lowest BCUT2D eigenvalue weighted by Crippen LogP contribution is -2.32. The van der Waals surface area contributed by atoms with Gasteiger partial charge in [-0.15, -0.1) is 0 Å². The van der Waals surface area contributed by atoms with Gasteiger partial charge in [0.25, 0.3) is 0 Å². The molecule has 0 amide bonds. The molecule has 3 nitrogen and oxygen atoms in total. The standard InChI is InChI=1S/C33H38F3NO2/c1-4-39-33(38)32(13-22(2)3)29-17-27(25-7-5-23(20-34)6-8-25)16-28(18-29)26-9-11-37(12-10-26)21-24-14-30(35)19-31(36)15-24/h5-8,14-19,22,26,32H,4,9-13,20-21H2,1-3H3. The molecule has 1 aliphatic rings. The Kier molecular flexibility index (Phi) is 9.84. The maximum Gasteiger partial charge on any atom is 0.313 e. The highest BCUT2D eigenvalue weighted by Crippen LogP contribution is 2.36. The van der Waals surface area contributed by atoms with Crippen LogP contribution in [-0.2, 0) is 22.8 Å². The summed E-state index contributed by atoms with van der Waals surface area (Å²) in [6, 6.07) is 17.6. The van der Waals surface area contributed by atoms with E-state index >= 15 is 0 Å². The Morgan fingerprint density at radius 1 is 0.923 bits per heavy atom. The normalized spacial score (nSPS) is 15.5. The molecule has 39 heavy (non-hydrogen) atoms. The lowest BCUT2D eigenvalue weighted by atomic mass is 9.82. The number of halogens is 3. The number of hydrogen-bond acceptors (Lipinski definition) is 3. The number of hydrogen-bond donors (Lipinski definition) is 0. The number of benzene rings is 3. The third-order valence-corrected chi connectivity index (χ3v) is 7.49. The van der Waals surface area contributed by atoms with E-state index in [-0.39, 0.29) is 17.8 Å². The molecule has 3 aromatic carbocycles. The van der Waals surface area contributed by atoms with Crippen molar-refractivity contribution in [3.8, 4) is 11.1 Å². The van der Waals surface area contributed by atoms with Crippen molar-refractivity contribution in [1.29, 1.82) is 0 Å². The van der Waals surface area contributed by atoms with Gasteiger partial charge in [0.15, 0.2) is 0 Å². The number of esters is 1. The van der Waals surface area contributed by atoms with Crippen molar-refractivity contribution in [3.63, 3.8) is 0 Å². The SMILES string of the molecule is CCOC(=O)C(CC(C)C)c1cc(-c2ccc(CF)cc2)cc(C2CCN(Cc3cc(F)cc(F)c3)CC2)c1. The number of likely N-dealkylation sites (tertiary alicyclic amines) is 1. The van der Waals surface area contributed by atoms with E-state index in [4.69, 9.17) is 4.74 Å². The first kappa shape index (κ1) is 28.9. The zero-order valence-electron chi connectivity index (χ0n) is 23.1. The highest BCUT2D eigenvalue weighted by molar-refractivity contribution is 5.79. The maximum absolute atomic E-state index is 13.7. The second kappa shape index (κ2) is 13.3. The average Bonchev–Trinajstić information content (AvgIpc) is 2.91. The van der Waals surface area contributed by atoms with E-state index in [1.807, 2.05) is 19.1 Å². The largest absolute Gasteiger partial charge is 0.466 e. The Hall–Kier alpha value is -3.12. The topological polar surface area (TPSA) is 29.5 Å². The predicted molar refractivity (Wildman–Crippen MR) is 149 cm³/mol. The summed E-state index contributed by atoms with van der Waals surface area (Å²) in [6.45, 7) is 7.98. The minimum atomic E-state index is -0.554. The molecule has 6 heteroatoms. The molecule has 1 atom stereocenters. The number of carbonyl (C=O) groups is 1. The molecule has 4 rings (SSSR count). The lowest BCUT2D eigenvalue weighted by molar-refractivity contribution is -0.145. The van der Waals surface area contributed by atoms with Crippen molar-refractivity contribution in [2.45, 2.75) is 65.1 Å². The fourth-order valence-corrected chi connectivity index (χ4v) is 5.53. The Labute approximate surface area is 230 Å². The molecule has 208 valence electrons. The molecule has 0 radical (unpaired) electrons. The lowest BCUT2D eigenvalue weighted by Gasteiger charge is -2.33. The highest BCUT2D eigenvalue weighted by atomic mass is 19.1. The van der Waals surface area contributed by atoms with Crippen molar-refractivity contribution in [1.82, 2.24) is 4.90 Å². The van der Waals surface area contributed by atoms with Crippen LogP contribution in [-0.4, -0.2) is 30.6 Å². The summed E-state index contributed by atoms with van der Waals surface area (Å²) in [5.74, 6) is -1.08. The molecular formula is C33H38F3NO2.